The summed E-state index contributed by atoms with van der Waals surface area (Å²) < 4.78 is 0. The van der Waals surface area contributed by atoms with Crippen LogP contribution < -0.4 is 5.56 Å². The number of nitrogens with one attached hydrogen (secondary N) is 1. The van der Waals surface area contributed by atoms with Crippen molar-refractivity contribution in [1.29, 1.82) is 0 Å². The van der Waals surface area contributed by atoms with Gasteiger partial charge in [0, 0.05) is 19.3 Å². The van der Waals surface area contributed by atoms with Crippen molar-refractivity contribution < 1.29 is 19.8 Å². The maximum absolute atomic E-state index is 12.8. The van der Waals surface area contributed by atoms with Crippen LogP contribution >= 0.6 is 0 Å². The van der Waals surface area contributed by atoms with Crippen LogP contribution in [0, 0.1) is 5.41 Å². The number of carbonyl (C=O) groups is 2. The molecule has 0 bridgehead atoms. The summed E-state index contributed by atoms with van der Waals surface area (Å²) in [5, 5.41) is 20.4. The maximum Gasteiger partial charge on any atom is 0.314 e. The standard InChI is InChI=1S/C21H24N2O5/c24-17-10-13-23(19(26)16-9-5-12-22-18(16)25)14-21(17,20(27)28)11-4-8-15-6-2-1-3-7-15/h1-3,5-7,9,12,17,24H,4,8,10-11,13-14H2,(H,22,25)(H,27,28)/t17-,21+/m0/s1. The number of piperidine rings is 1. The molecule has 1 saturated heterocycles. The molecule has 3 rings (SSSR count). The Kier molecular flexibility index (Phi) is 5.94. The van der Waals surface area contributed by atoms with E-state index in [4.69, 9.17) is 0 Å². The van der Waals surface area contributed by atoms with Gasteiger partial charge in [-0.25, -0.2) is 0 Å². The molecule has 7 nitrogen and oxygen atoms in total. The first kappa shape index (κ1) is 19.8. The van der Waals surface area contributed by atoms with Crippen molar-refractivity contribution in [1.82, 2.24) is 9.88 Å². The van der Waals surface area contributed by atoms with Gasteiger partial charge < -0.3 is 20.1 Å². The lowest BCUT2D eigenvalue weighted by Crippen LogP contribution is -2.57. The minimum absolute atomic E-state index is 0.0255. The molecular formula is C21H24N2O5. The van der Waals surface area contributed by atoms with Gasteiger partial charge in [-0.2, -0.15) is 0 Å². The predicted octanol–water partition coefficient (Wildman–Crippen LogP) is 1.68. The van der Waals surface area contributed by atoms with Crippen LogP contribution in [-0.4, -0.2) is 51.2 Å². The molecule has 7 heteroatoms. The smallest absolute Gasteiger partial charge is 0.314 e. The van der Waals surface area contributed by atoms with E-state index in [9.17, 15) is 24.6 Å². The number of aliphatic hydroxyl groups is 1. The highest BCUT2D eigenvalue weighted by molar-refractivity contribution is 5.94. The van der Waals surface area contributed by atoms with Crippen molar-refractivity contribution in [2.45, 2.75) is 31.8 Å². The number of rotatable bonds is 6. The Labute approximate surface area is 162 Å². The molecule has 0 unspecified atom stereocenters. The van der Waals surface area contributed by atoms with Crippen molar-refractivity contribution in [2.75, 3.05) is 13.1 Å². The fraction of sp³-hybridized carbons (Fsp3) is 0.381. The van der Waals surface area contributed by atoms with Gasteiger partial charge >= 0.3 is 5.97 Å². The number of aryl methyl sites for hydroxylation is 1. The van der Waals surface area contributed by atoms with Gasteiger partial charge in [0.2, 0.25) is 0 Å². The number of carboxylic acid groups (broad SMARTS) is 1. The zero-order valence-corrected chi connectivity index (χ0v) is 15.5. The van der Waals surface area contributed by atoms with Gasteiger partial charge in [-0.05, 0) is 43.4 Å². The first-order chi connectivity index (χ1) is 13.4. The highest BCUT2D eigenvalue weighted by Crippen LogP contribution is 2.36. The van der Waals surface area contributed by atoms with E-state index in [1.807, 2.05) is 30.3 Å². The van der Waals surface area contributed by atoms with Crippen LogP contribution in [0.1, 0.15) is 35.2 Å². The summed E-state index contributed by atoms with van der Waals surface area (Å²) in [7, 11) is 0. The lowest BCUT2D eigenvalue weighted by Gasteiger charge is -2.43. The zero-order chi connectivity index (χ0) is 20.1. The Bertz CT molecular complexity index is 895. The minimum atomic E-state index is -1.44. The molecular weight excluding hydrogens is 360 g/mol. The molecule has 148 valence electrons. The second-order valence-electron chi connectivity index (χ2n) is 7.24. The summed E-state index contributed by atoms with van der Waals surface area (Å²) in [5.41, 5.74) is -0.882. The number of likely N-dealkylation sites (tertiary alicyclic amines) is 1. The maximum atomic E-state index is 12.8. The summed E-state index contributed by atoms with van der Waals surface area (Å²) in [6, 6.07) is 12.7. The van der Waals surface area contributed by atoms with Gasteiger partial charge in [-0.1, -0.05) is 30.3 Å². The third-order valence-electron chi connectivity index (χ3n) is 5.48. The number of amides is 1. The molecule has 1 aromatic carbocycles. The van der Waals surface area contributed by atoms with E-state index in [0.29, 0.717) is 12.8 Å². The number of benzene rings is 1. The van der Waals surface area contributed by atoms with E-state index >= 15 is 0 Å². The van der Waals surface area contributed by atoms with Gasteiger partial charge in [0.05, 0.1) is 6.10 Å². The zero-order valence-electron chi connectivity index (χ0n) is 15.5. The molecule has 0 radical (unpaired) electrons. The third-order valence-corrected chi connectivity index (χ3v) is 5.48. The van der Waals surface area contributed by atoms with Crippen LogP contribution in [0.3, 0.4) is 0 Å². The molecule has 1 aromatic heterocycles. The molecule has 3 N–H and O–H groups in total. The summed E-state index contributed by atoms with van der Waals surface area (Å²) in [6.45, 7) is 0.0908. The number of nitrogens with zero attached hydrogens (tertiary/aromatic N) is 1. The van der Waals surface area contributed by atoms with E-state index < -0.39 is 29.0 Å². The fourth-order valence-corrected chi connectivity index (χ4v) is 3.83. The van der Waals surface area contributed by atoms with Crippen LogP contribution in [0.25, 0.3) is 0 Å². The number of carboxylic acids is 1. The molecule has 0 saturated carbocycles. The summed E-state index contributed by atoms with van der Waals surface area (Å²) in [4.78, 5) is 40.6. The number of aromatic amines is 1. The summed E-state index contributed by atoms with van der Waals surface area (Å²) >= 11 is 0. The molecule has 2 atom stereocenters. The van der Waals surface area contributed by atoms with Crippen molar-refractivity contribution in [3.05, 3.63) is 70.1 Å². The van der Waals surface area contributed by atoms with E-state index in [2.05, 4.69) is 4.98 Å². The molecule has 2 aromatic rings. The van der Waals surface area contributed by atoms with E-state index in [0.717, 1.165) is 5.56 Å². The first-order valence-electron chi connectivity index (χ1n) is 9.36. The minimum Gasteiger partial charge on any atom is -0.481 e. The second kappa shape index (κ2) is 8.39. The molecule has 2 heterocycles. The lowest BCUT2D eigenvalue weighted by atomic mass is 9.73. The Morgan fingerprint density at radius 2 is 1.93 bits per heavy atom. The van der Waals surface area contributed by atoms with Crippen molar-refractivity contribution in [3.8, 4) is 0 Å². The molecule has 0 spiro atoms. The number of hydrogen-bond acceptors (Lipinski definition) is 4. The number of aromatic nitrogens is 1. The largest absolute Gasteiger partial charge is 0.481 e. The normalized spacial score (nSPS) is 22.0. The molecule has 28 heavy (non-hydrogen) atoms. The second-order valence-corrected chi connectivity index (χ2v) is 7.24. The van der Waals surface area contributed by atoms with Crippen molar-refractivity contribution in [2.24, 2.45) is 5.41 Å². The van der Waals surface area contributed by atoms with Crippen molar-refractivity contribution >= 4 is 11.9 Å². The van der Waals surface area contributed by atoms with Crippen LogP contribution in [0.2, 0.25) is 0 Å². The number of aliphatic carboxylic acids is 1. The molecule has 1 fully saturated rings. The van der Waals surface area contributed by atoms with Gasteiger partial charge in [-0.3, -0.25) is 14.4 Å². The highest BCUT2D eigenvalue weighted by atomic mass is 16.4. The van der Waals surface area contributed by atoms with Gasteiger partial charge in [0.25, 0.3) is 11.5 Å². The SMILES string of the molecule is O=C(c1ccc[nH]c1=O)N1CC[C@H](O)[C@](CCCc2ccccc2)(C(=O)O)C1. The van der Waals surface area contributed by atoms with E-state index in [-0.39, 0.29) is 31.5 Å². The number of carbonyl (C=O) groups excluding carboxylic acids is 1. The van der Waals surface area contributed by atoms with Crippen LogP contribution in [0.4, 0.5) is 0 Å². The molecule has 1 amide bonds. The number of pyridine rings is 1. The van der Waals surface area contributed by atoms with Gasteiger partial charge in [0.1, 0.15) is 11.0 Å². The fourth-order valence-electron chi connectivity index (χ4n) is 3.83. The van der Waals surface area contributed by atoms with Crippen LogP contribution in [-0.2, 0) is 11.2 Å². The predicted molar refractivity (Wildman–Crippen MR) is 103 cm³/mol. The van der Waals surface area contributed by atoms with Gasteiger partial charge in [0.15, 0.2) is 0 Å². The summed E-state index contributed by atoms with van der Waals surface area (Å²) in [6.07, 6.45) is 2.06. The first-order valence-corrected chi connectivity index (χ1v) is 9.36. The molecule has 1 aliphatic rings. The Balaban J connectivity index is 1.77. The number of aliphatic hydroxyl groups excluding tert-OH is 1. The monoisotopic (exact) mass is 384 g/mol. The number of H-pyrrole nitrogens is 1. The van der Waals surface area contributed by atoms with Crippen molar-refractivity contribution in [3.63, 3.8) is 0 Å². The van der Waals surface area contributed by atoms with Crippen LogP contribution in [0.5, 0.6) is 0 Å². The third kappa shape index (κ3) is 3.99. The average molecular weight is 384 g/mol. The lowest BCUT2D eigenvalue weighted by molar-refractivity contribution is -0.162. The van der Waals surface area contributed by atoms with E-state index in [1.165, 1.54) is 17.2 Å². The van der Waals surface area contributed by atoms with Gasteiger partial charge in [-0.15, -0.1) is 0 Å². The number of hydrogen-bond donors (Lipinski definition) is 3. The Hall–Kier alpha value is -2.93. The average Bonchev–Trinajstić information content (AvgIpc) is 2.70. The van der Waals surface area contributed by atoms with Crippen LogP contribution in [0.15, 0.2) is 53.5 Å². The quantitative estimate of drug-likeness (QED) is 0.702. The Morgan fingerprint density at radius 3 is 2.61 bits per heavy atom. The topological polar surface area (TPSA) is 111 Å². The molecule has 0 aliphatic carbocycles. The summed E-state index contributed by atoms with van der Waals surface area (Å²) in [5.74, 6) is -1.63. The molecule has 1 aliphatic heterocycles. The highest BCUT2D eigenvalue weighted by Gasteiger charge is 2.49. The Morgan fingerprint density at radius 1 is 1.18 bits per heavy atom. The van der Waals surface area contributed by atoms with E-state index in [1.54, 1.807) is 6.07 Å².